The van der Waals surface area contributed by atoms with Gasteiger partial charge in [0.1, 0.15) is 18.1 Å². The van der Waals surface area contributed by atoms with Crippen LogP contribution in [0.5, 0.6) is 0 Å². The lowest BCUT2D eigenvalue weighted by Gasteiger charge is -2.26. The Morgan fingerprint density at radius 2 is 1.43 bits per heavy atom. The monoisotopic (exact) mass is 538 g/mol. The van der Waals surface area contributed by atoms with Crippen molar-refractivity contribution in [1.82, 2.24) is 16.0 Å². The van der Waals surface area contributed by atoms with Crippen LogP contribution in [-0.4, -0.2) is 76.0 Å². The molecule has 11 nitrogen and oxygen atoms in total. The summed E-state index contributed by atoms with van der Waals surface area (Å²) in [5.41, 5.74) is 6.51. The zero-order valence-corrected chi connectivity index (χ0v) is 22.3. The van der Waals surface area contributed by atoms with Gasteiger partial charge in [-0.15, -0.1) is 0 Å². The fourth-order valence-electron chi connectivity index (χ4n) is 3.49. The summed E-state index contributed by atoms with van der Waals surface area (Å²) in [5, 5.41) is 26.2. The van der Waals surface area contributed by atoms with E-state index in [0.717, 1.165) is 5.56 Å². The van der Waals surface area contributed by atoms with E-state index in [0.29, 0.717) is 5.75 Å². The Morgan fingerprint density at radius 1 is 0.865 bits per heavy atom. The second-order valence-electron chi connectivity index (χ2n) is 9.16. The van der Waals surface area contributed by atoms with Gasteiger partial charge in [-0.1, -0.05) is 44.2 Å². The van der Waals surface area contributed by atoms with Gasteiger partial charge in [-0.05, 0) is 42.8 Å². The van der Waals surface area contributed by atoms with Crippen LogP contribution in [0, 0.1) is 5.92 Å². The molecule has 206 valence electrons. The van der Waals surface area contributed by atoms with E-state index < -0.39 is 53.8 Å². The van der Waals surface area contributed by atoms with E-state index in [2.05, 4.69) is 16.0 Å². The summed E-state index contributed by atoms with van der Waals surface area (Å²) >= 11 is 1.46. The van der Waals surface area contributed by atoms with Crippen molar-refractivity contribution < 1.29 is 34.2 Å². The highest BCUT2D eigenvalue weighted by atomic mass is 32.2. The van der Waals surface area contributed by atoms with E-state index in [-0.39, 0.29) is 38.0 Å². The minimum Gasteiger partial charge on any atom is -0.481 e. The van der Waals surface area contributed by atoms with Gasteiger partial charge in [0.25, 0.3) is 0 Å². The molecule has 0 radical (unpaired) electrons. The maximum absolute atomic E-state index is 13.1. The van der Waals surface area contributed by atoms with Crippen LogP contribution >= 0.6 is 11.8 Å². The Labute approximate surface area is 221 Å². The minimum atomic E-state index is -1.20. The van der Waals surface area contributed by atoms with Crippen LogP contribution in [0.25, 0.3) is 0 Å². The number of hydrogen-bond donors (Lipinski definition) is 6. The van der Waals surface area contributed by atoms with Gasteiger partial charge in [-0.25, -0.2) is 4.79 Å². The summed E-state index contributed by atoms with van der Waals surface area (Å²) in [5.74, 6) is -3.67. The molecule has 1 aromatic carbocycles. The van der Waals surface area contributed by atoms with Crippen molar-refractivity contribution in [3.05, 3.63) is 35.9 Å². The molecule has 0 heterocycles. The van der Waals surface area contributed by atoms with Crippen LogP contribution in [-0.2, 0) is 30.4 Å². The molecule has 0 aromatic heterocycles. The molecule has 0 bridgehead atoms. The van der Waals surface area contributed by atoms with E-state index >= 15 is 0 Å². The molecule has 0 saturated heterocycles. The molecule has 1 aromatic rings. The number of carboxylic acid groups (broad SMARTS) is 2. The van der Waals surface area contributed by atoms with E-state index in [4.69, 9.17) is 10.8 Å². The predicted octanol–water partition coefficient (Wildman–Crippen LogP) is 0.759. The lowest BCUT2D eigenvalue weighted by Crippen LogP contribution is -2.57. The Hall–Kier alpha value is -3.12. The Bertz CT molecular complexity index is 914. The second-order valence-corrected chi connectivity index (χ2v) is 10.1. The van der Waals surface area contributed by atoms with Crippen LogP contribution in [0.15, 0.2) is 30.3 Å². The van der Waals surface area contributed by atoms with E-state index in [9.17, 15) is 29.1 Å². The van der Waals surface area contributed by atoms with Crippen LogP contribution in [0.2, 0.25) is 0 Å². The third-order valence-electron chi connectivity index (χ3n) is 5.49. The number of carbonyl (C=O) groups excluding carboxylic acids is 3. The van der Waals surface area contributed by atoms with Gasteiger partial charge in [0.05, 0.1) is 6.04 Å². The molecule has 0 fully saturated rings. The van der Waals surface area contributed by atoms with Gasteiger partial charge in [0, 0.05) is 12.8 Å². The van der Waals surface area contributed by atoms with Gasteiger partial charge in [-0.3, -0.25) is 19.2 Å². The number of carboxylic acids is 2. The minimum absolute atomic E-state index is 0.00651. The largest absolute Gasteiger partial charge is 0.481 e. The molecular formula is C25H38N4O7S. The Morgan fingerprint density at radius 3 is 1.97 bits per heavy atom. The molecule has 3 amide bonds. The van der Waals surface area contributed by atoms with Gasteiger partial charge < -0.3 is 31.9 Å². The third-order valence-corrected chi connectivity index (χ3v) is 6.13. The van der Waals surface area contributed by atoms with Gasteiger partial charge in [0.15, 0.2) is 0 Å². The molecule has 12 heteroatoms. The van der Waals surface area contributed by atoms with E-state index in [1.54, 1.807) is 30.3 Å². The number of hydrogen-bond acceptors (Lipinski definition) is 7. The second kappa shape index (κ2) is 16.6. The van der Waals surface area contributed by atoms with Crippen molar-refractivity contribution in [3.8, 4) is 0 Å². The molecular weight excluding hydrogens is 500 g/mol. The van der Waals surface area contributed by atoms with Crippen LogP contribution < -0.4 is 21.7 Å². The van der Waals surface area contributed by atoms with Crippen molar-refractivity contribution in [1.29, 1.82) is 0 Å². The summed E-state index contributed by atoms with van der Waals surface area (Å²) in [4.78, 5) is 61.2. The fraction of sp³-hybridized carbons (Fsp3) is 0.560. The maximum atomic E-state index is 13.1. The number of carbonyl (C=O) groups is 5. The quantitative estimate of drug-likeness (QED) is 0.166. The molecule has 4 unspecified atom stereocenters. The number of benzene rings is 1. The first-order valence-electron chi connectivity index (χ1n) is 12.1. The highest BCUT2D eigenvalue weighted by molar-refractivity contribution is 7.98. The fourth-order valence-corrected chi connectivity index (χ4v) is 3.96. The number of rotatable bonds is 17. The molecule has 0 aliphatic heterocycles. The van der Waals surface area contributed by atoms with Gasteiger partial charge in [0.2, 0.25) is 17.7 Å². The zero-order chi connectivity index (χ0) is 28.0. The molecule has 0 aliphatic rings. The molecule has 0 spiro atoms. The van der Waals surface area contributed by atoms with Gasteiger partial charge >= 0.3 is 11.9 Å². The summed E-state index contributed by atoms with van der Waals surface area (Å²) in [7, 11) is 0. The van der Waals surface area contributed by atoms with Crippen molar-refractivity contribution in [2.24, 2.45) is 11.7 Å². The molecule has 1 rings (SSSR count). The smallest absolute Gasteiger partial charge is 0.326 e. The highest BCUT2D eigenvalue weighted by Gasteiger charge is 2.30. The molecule has 7 N–H and O–H groups in total. The topological polar surface area (TPSA) is 188 Å². The lowest BCUT2D eigenvalue weighted by atomic mass is 10.0. The number of nitrogens with one attached hydrogen (secondary N) is 3. The average Bonchev–Trinajstić information content (AvgIpc) is 2.84. The van der Waals surface area contributed by atoms with Crippen LogP contribution in [0.1, 0.15) is 45.1 Å². The Balaban J connectivity index is 2.96. The Kier molecular flexibility index (Phi) is 14.3. The number of amides is 3. The first kappa shape index (κ1) is 31.9. The zero-order valence-electron chi connectivity index (χ0n) is 21.4. The average molecular weight is 539 g/mol. The van der Waals surface area contributed by atoms with Crippen LogP contribution in [0.3, 0.4) is 0 Å². The SMILES string of the molecule is CSCCC(NC(=O)C(CC(C)C)NC(=O)C(N)CCC(=O)O)C(=O)NC(Cc1ccccc1)C(=O)O. The molecule has 37 heavy (non-hydrogen) atoms. The van der Waals surface area contributed by atoms with Crippen molar-refractivity contribution in [2.45, 2.75) is 70.1 Å². The number of aliphatic carboxylic acids is 2. The third kappa shape index (κ3) is 12.6. The normalized spacial score (nSPS) is 14.2. The summed E-state index contributed by atoms with van der Waals surface area (Å²) in [6.45, 7) is 3.71. The van der Waals surface area contributed by atoms with Crippen molar-refractivity contribution in [3.63, 3.8) is 0 Å². The number of thioether (sulfide) groups is 1. The standard InChI is InChI=1S/C25H38N4O7S/c1-15(2)13-19(28-22(32)17(26)9-10-21(30)31)24(34)27-18(11-12-37-3)23(33)29-20(25(35)36)14-16-7-5-4-6-8-16/h4-8,15,17-20H,9-14,26H2,1-3H3,(H,27,34)(H,28,32)(H,29,33)(H,30,31)(H,35,36). The number of nitrogens with two attached hydrogens (primary N) is 1. The maximum Gasteiger partial charge on any atom is 0.326 e. The molecule has 0 aliphatic carbocycles. The summed E-state index contributed by atoms with van der Waals surface area (Å²) < 4.78 is 0. The van der Waals surface area contributed by atoms with Crippen molar-refractivity contribution >= 4 is 41.4 Å². The van der Waals surface area contributed by atoms with E-state index in [1.165, 1.54) is 11.8 Å². The summed E-state index contributed by atoms with van der Waals surface area (Å²) in [6.07, 6.45) is 2.04. The highest BCUT2D eigenvalue weighted by Crippen LogP contribution is 2.09. The van der Waals surface area contributed by atoms with Crippen LogP contribution in [0.4, 0.5) is 0 Å². The van der Waals surface area contributed by atoms with E-state index in [1.807, 2.05) is 20.1 Å². The molecule has 0 saturated carbocycles. The van der Waals surface area contributed by atoms with Gasteiger partial charge in [-0.2, -0.15) is 11.8 Å². The lowest BCUT2D eigenvalue weighted by molar-refractivity contribution is -0.142. The first-order chi connectivity index (χ1) is 17.4. The molecule has 4 atom stereocenters. The van der Waals surface area contributed by atoms with Crippen molar-refractivity contribution in [2.75, 3.05) is 12.0 Å². The summed E-state index contributed by atoms with van der Waals surface area (Å²) in [6, 6.07) is 4.54. The predicted molar refractivity (Wildman–Crippen MR) is 141 cm³/mol. The first-order valence-corrected chi connectivity index (χ1v) is 13.5.